The van der Waals surface area contributed by atoms with Crippen LogP contribution in [0.15, 0.2) is 0 Å². The average Bonchev–Trinajstić information content (AvgIpc) is 1.97. The fourth-order valence-electron chi connectivity index (χ4n) is 0.856. The Morgan fingerprint density at radius 3 is 2.67 bits per heavy atom. The molecule has 0 aliphatic carbocycles. The van der Waals surface area contributed by atoms with E-state index in [4.69, 9.17) is 4.74 Å². The Kier molecular flexibility index (Phi) is 6.76. The van der Waals surface area contributed by atoms with Crippen molar-refractivity contribution in [2.75, 3.05) is 13.1 Å². The van der Waals surface area contributed by atoms with Gasteiger partial charge in [0.1, 0.15) is 0 Å². The minimum absolute atomic E-state index is 0.0108. The summed E-state index contributed by atoms with van der Waals surface area (Å²) in [6.45, 7) is 7.62. The Morgan fingerprint density at radius 1 is 1.50 bits per heavy atom. The van der Waals surface area contributed by atoms with E-state index in [2.05, 4.69) is 5.32 Å². The van der Waals surface area contributed by atoms with E-state index in [0.29, 0.717) is 6.42 Å². The van der Waals surface area contributed by atoms with Crippen molar-refractivity contribution in [3.63, 3.8) is 0 Å². The highest BCUT2D eigenvalue weighted by Gasteiger charge is 2.03. The van der Waals surface area contributed by atoms with Crippen LogP contribution in [0.3, 0.4) is 0 Å². The first-order valence-corrected chi connectivity index (χ1v) is 4.57. The molecule has 0 saturated heterocycles. The van der Waals surface area contributed by atoms with Crippen LogP contribution >= 0.6 is 0 Å². The highest BCUT2D eigenvalue weighted by molar-refractivity contribution is 5.69. The lowest BCUT2D eigenvalue weighted by Gasteiger charge is -2.07. The van der Waals surface area contributed by atoms with E-state index < -0.39 is 0 Å². The Labute approximate surface area is 74.5 Å². The molecular weight excluding hydrogens is 154 g/mol. The molecule has 1 N–H and O–H groups in total. The Bertz CT molecular complexity index is 124. The molecule has 0 bridgehead atoms. The summed E-state index contributed by atoms with van der Waals surface area (Å²) in [5, 5.41) is 3.15. The van der Waals surface area contributed by atoms with E-state index in [1.807, 2.05) is 20.8 Å². The van der Waals surface area contributed by atoms with Crippen LogP contribution in [0.2, 0.25) is 0 Å². The molecule has 0 aliphatic heterocycles. The SMILES string of the molecule is CCNCCCC(=O)OC(C)C. The van der Waals surface area contributed by atoms with Crippen molar-refractivity contribution in [1.82, 2.24) is 5.32 Å². The molecule has 0 aromatic rings. The van der Waals surface area contributed by atoms with Gasteiger partial charge in [0.15, 0.2) is 0 Å². The Balaban J connectivity index is 3.20. The molecule has 0 aliphatic rings. The van der Waals surface area contributed by atoms with Crippen LogP contribution in [-0.4, -0.2) is 25.2 Å². The maximum atomic E-state index is 11.0. The van der Waals surface area contributed by atoms with Gasteiger partial charge in [-0.3, -0.25) is 4.79 Å². The van der Waals surface area contributed by atoms with Crippen molar-refractivity contribution in [3.05, 3.63) is 0 Å². The number of carbonyl (C=O) groups excluding carboxylic acids is 1. The van der Waals surface area contributed by atoms with Gasteiger partial charge >= 0.3 is 5.97 Å². The molecule has 0 atom stereocenters. The summed E-state index contributed by atoms with van der Waals surface area (Å²) in [4.78, 5) is 11.0. The maximum absolute atomic E-state index is 11.0. The molecule has 72 valence electrons. The predicted molar refractivity (Wildman–Crippen MR) is 49.0 cm³/mol. The zero-order valence-electron chi connectivity index (χ0n) is 8.22. The lowest BCUT2D eigenvalue weighted by atomic mass is 10.3. The van der Waals surface area contributed by atoms with Crippen LogP contribution < -0.4 is 5.32 Å². The molecule has 0 fully saturated rings. The van der Waals surface area contributed by atoms with Gasteiger partial charge in [-0.2, -0.15) is 0 Å². The molecule has 0 saturated carbocycles. The molecule has 3 heteroatoms. The van der Waals surface area contributed by atoms with Gasteiger partial charge in [0.25, 0.3) is 0 Å². The topological polar surface area (TPSA) is 38.3 Å². The monoisotopic (exact) mass is 173 g/mol. The second kappa shape index (κ2) is 7.10. The minimum atomic E-state index is -0.0945. The van der Waals surface area contributed by atoms with Crippen LogP contribution in [0.5, 0.6) is 0 Å². The van der Waals surface area contributed by atoms with Gasteiger partial charge in [0.2, 0.25) is 0 Å². The third-order valence-electron chi connectivity index (χ3n) is 1.35. The maximum Gasteiger partial charge on any atom is 0.306 e. The van der Waals surface area contributed by atoms with Crippen molar-refractivity contribution in [1.29, 1.82) is 0 Å². The van der Waals surface area contributed by atoms with Gasteiger partial charge in [0.05, 0.1) is 6.10 Å². The second-order valence-electron chi connectivity index (χ2n) is 3.00. The molecular formula is C9H19NO2. The van der Waals surface area contributed by atoms with Crippen LogP contribution in [0.1, 0.15) is 33.6 Å². The smallest absolute Gasteiger partial charge is 0.306 e. The Hall–Kier alpha value is -0.570. The molecule has 0 aromatic heterocycles. The number of esters is 1. The summed E-state index contributed by atoms with van der Waals surface area (Å²) < 4.78 is 4.96. The highest BCUT2D eigenvalue weighted by Crippen LogP contribution is 1.95. The van der Waals surface area contributed by atoms with Crippen molar-refractivity contribution in [2.24, 2.45) is 0 Å². The number of nitrogens with one attached hydrogen (secondary N) is 1. The van der Waals surface area contributed by atoms with Crippen LogP contribution in [0, 0.1) is 0 Å². The molecule has 0 heterocycles. The minimum Gasteiger partial charge on any atom is -0.463 e. The molecule has 0 radical (unpaired) electrons. The van der Waals surface area contributed by atoms with Crippen molar-refractivity contribution in [2.45, 2.75) is 39.7 Å². The van der Waals surface area contributed by atoms with Gasteiger partial charge < -0.3 is 10.1 Å². The summed E-state index contributed by atoms with van der Waals surface area (Å²) in [5.41, 5.74) is 0. The van der Waals surface area contributed by atoms with Gasteiger partial charge in [0, 0.05) is 6.42 Å². The van der Waals surface area contributed by atoms with Crippen molar-refractivity contribution < 1.29 is 9.53 Å². The molecule has 12 heavy (non-hydrogen) atoms. The molecule has 0 unspecified atom stereocenters. The standard InChI is InChI=1S/C9H19NO2/c1-4-10-7-5-6-9(11)12-8(2)3/h8,10H,4-7H2,1-3H3. The second-order valence-corrected chi connectivity index (χ2v) is 3.00. The van der Waals surface area contributed by atoms with Crippen LogP contribution in [0.4, 0.5) is 0 Å². The number of hydrogen-bond acceptors (Lipinski definition) is 3. The zero-order chi connectivity index (χ0) is 9.40. The first-order valence-electron chi connectivity index (χ1n) is 4.57. The molecule has 0 spiro atoms. The molecule has 0 aromatic carbocycles. The number of ether oxygens (including phenoxy) is 1. The average molecular weight is 173 g/mol. The van der Waals surface area contributed by atoms with E-state index in [1.165, 1.54) is 0 Å². The molecule has 0 amide bonds. The number of rotatable bonds is 6. The molecule has 0 rings (SSSR count). The van der Waals surface area contributed by atoms with Gasteiger partial charge in [-0.05, 0) is 33.4 Å². The van der Waals surface area contributed by atoms with E-state index in [-0.39, 0.29) is 12.1 Å². The first kappa shape index (κ1) is 11.4. The van der Waals surface area contributed by atoms with Crippen molar-refractivity contribution in [3.8, 4) is 0 Å². The Morgan fingerprint density at radius 2 is 2.17 bits per heavy atom. The van der Waals surface area contributed by atoms with Gasteiger partial charge in [-0.25, -0.2) is 0 Å². The zero-order valence-corrected chi connectivity index (χ0v) is 8.22. The quantitative estimate of drug-likeness (QED) is 0.486. The van der Waals surface area contributed by atoms with Crippen LogP contribution in [-0.2, 0) is 9.53 Å². The first-order chi connectivity index (χ1) is 5.66. The third-order valence-corrected chi connectivity index (χ3v) is 1.35. The van der Waals surface area contributed by atoms with Gasteiger partial charge in [-0.1, -0.05) is 6.92 Å². The van der Waals surface area contributed by atoms with E-state index in [9.17, 15) is 4.79 Å². The lowest BCUT2D eigenvalue weighted by molar-refractivity contribution is -0.147. The summed E-state index contributed by atoms with van der Waals surface area (Å²) in [5.74, 6) is -0.0945. The summed E-state index contributed by atoms with van der Waals surface area (Å²) in [6, 6.07) is 0. The summed E-state index contributed by atoms with van der Waals surface area (Å²) >= 11 is 0. The normalized spacial score (nSPS) is 10.3. The van der Waals surface area contributed by atoms with E-state index in [1.54, 1.807) is 0 Å². The predicted octanol–water partition coefficient (Wildman–Crippen LogP) is 1.33. The van der Waals surface area contributed by atoms with Gasteiger partial charge in [-0.15, -0.1) is 0 Å². The van der Waals surface area contributed by atoms with E-state index >= 15 is 0 Å². The summed E-state index contributed by atoms with van der Waals surface area (Å²) in [6.07, 6.45) is 1.39. The largest absolute Gasteiger partial charge is 0.463 e. The number of hydrogen-bond donors (Lipinski definition) is 1. The summed E-state index contributed by atoms with van der Waals surface area (Å²) in [7, 11) is 0. The lowest BCUT2D eigenvalue weighted by Crippen LogP contribution is -2.17. The molecule has 3 nitrogen and oxygen atoms in total. The fraction of sp³-hybridized carbons (Fsp3) is 0.889. The third kappa shape index (κ3) is 7.54. The fourth-order valence-corrected chi connectivity index (χ4v) is 0.856. The van der Waals surface area contributed by atoms with Crippen LogP contribution in [0.25, 0.3) is 0 Å². The highest BCUT2D eigenvalue weighted by atomic mass is 16.5. The van der Waals surface area contributed by atoms with Crippen molar-refractivity contribution >= 4 is 5.97 Å². The number of carbonyl (C=O) groups is 1. The van der Waals surface area contributed by atoms with E-state index in [0.717, 1.165) is 19.5 Å².